The van der Waals surface area contributed by atoms with E-state index < -0.39 is 0 Å². The van der Waals surface area contributed by atoms with Gasteiger partial charge in [0, 0.05) is 31.4 Å². The Kier molecular flexibility index (Phi) is 7.75. The second-order valence-corrected chi connectivity index (χ2v) is 7.17. The number of rotatable bonds is 9. The molecule has 7 heteroatoms. The molecule has 152 valence electrons. The number of nitrogens with one attached hydrogen (secondary N) is 1. The van der Waals surface area contributed by atoms with Gasteiger partial charge in [-0.3, -0.25) is 14.5 Å². The Morgan fingerprint density at radius 1 is 1.11 bits per heavy atom. The maximum Gasteiger partial charge on any atom is 0.239 e. The van der Waals surface area contributed by atoms with Crippen molar-refractivity contribution in [3.8, 4) is 5.69 Å². The number of likely N-dealkylation sites (N-methyl/N-ethyl adjacent to an activating group) is 2. The fraction of sp³-hybridized carbons (Fsp3) is 0.476. The Hall–Kier alpha value is -2.67. The third kappa shape index (κ3) is 5.66. The lowest BCUT2D eigenvalue weighted by molar-refractivity contribution is -0.135. The second kappa shape index (κ2) is 10.0. The van der Waals surface area contributed by atoms with Crippen molar-refractivity contribution >= 4 is 11.8 Å². The minimum atomic E-state index is -0.129. The minimum absolute atomic E-state index is 0.0800. The van der Waals surface area contributed by atoms with E-state index in [0.717, 1.165) is 29.1 Å². The van der Waals surface area contributed by atoms with Crippen LogP contribution >= 0.6 is 0 Å². The SMILES string of the molecule is CCCNC(=O)CN(C)C(=O)CN(C)Cc1c(C)nn(-c2ccccc2)c1C. The molecule has 2 amide bonds. The van der Waals surface area contributed by atoms with Gasteiger partial charge in [-0.15, -0.1) is 0 Å². The van der Waals surface area contributed by atoms with Gasteiger partial charge in [0.2, 0.25) is 11.8 Å². The summed E-state index contributed by atoms with van der Waals surface area (Å²) in [5.41, 5.74) is 4.15. The van der Waals surface area contributed by atoms with Crippen LogP contribution in [0.2, 0.25) is 0 Å². The quantitative estimate of drug-likeness (QED) is 0.716. The van der Waals surface area contributed by atoms with E-state index in [0.29, 0.717) is 13.1 Å². The number of para-hydroxylation sites is 1. The van der Waals surface area contributed by atoms with Gasteiger partial charge < -0.3 is 10.2 Å². The van der Waals surface area contributed by atoms with Gasteiger partial charge in [0.05, 0.1) is 24.5 Å². The first-order valence-corrected chi connectivity index (χ1v) is 9.63. The summed E-state index contributed by atoms with van der Waals surface area (Å²) in [4.78, 5) is 27.6. The Balaban J connectivity index is 1.97. The first kappa shape index (κ1) is 21.6. The first-order chi connectivity index (χ1) is 13.3. The predicted octanol–water partition coefficient (Wildman–Crippen LogP) is 1.91. The zero-order valence-electron chi connectivity index (χ0n) is 17.5. The molecule has 0 fully saturated rings. The molecule has 1 N–H and O–H groups in total. The number of hydrogen-bond acceptors (Lipinski definition) is 4. The second-order valence-electron chi connectivity index (χ2n) is 7.17. The van der Waals surface area contributed by atoms with Crippen LogP contribution in [0.25, 0.3) is 5.69 Å². The lowest BCUT2D eigenvalue weighted by Gasteiger charge is -2.21. The lowest BCUT2D eigenvalue weighted by Crippen LogP contribution is -2.42. The van der Waals surface area contributed by atoms with Crippen molar-refractivity contribution in [2.45, 2.75) is 33.7 Å². The molecule has 0 spiro atoms. The van der Waals surface area contributed by atoms with Gasteiger partial charge in [-0.05, 0) is 39.4 Å². The highest BCUT2D eigenvalue weighted by Gasteiger charge is 2.18. The summed E-state index contributed by atoms with van der Waals surface area (Å²) in [6.45, 7) is 7.60. The molecule has 0 saturated heterocycles. The molecular weight excluding hydrogens is 354 g/mol. The van der Waals surface area contributed by atoms with Crippen LogP contribution in [-0.4, -0.2) is 65.1 Å². The van der Waals surface area contributed by atoms with Crippen molar-refractivity contribution in [3.05, 3.63) is 47.3 Å². The van der Waals surface area contributed by atoms with Crippen molar-refractivity contribution in [3.63, 3.8) is 0 Å². The maximum absolute atomic E-state index is 12.4. The van der Waals surface area contributed by atoms with Crippen LogP contribution in [0.3, 0.4) is 0 Å². The van der Waals surface area contributed by atoms with Crippen LogP contribution in [0.5, 0.6) is 0 Å². The summed E-state index contributed by atoms with van der Waals surface area (Å²) in [6, 6.07) is 10.0. The van der Waals surface area contributed by atoms with E-state index in [4.69, 9.17) is 0 Å². The van der Waals surface area contributed by atoms with Crippen molar-refractivity contribution in [1.29, 1.82) is 0 Å². The molecule has 7 nitrogen and oxygen atoms in total. The van der Waals surface area contributed by atoms with Crippen molar-refractivity contribution in [2.24, 2.45) is 0 Å². The number of nitrogens with zero attached hydrogens (tertiary/aromatic N) is 4. The molecule has 0 aliphatic rings. The molecule has 0 radical (unpaired) electrons. The Labute approximate surface area is 167 Å². The normalized spacial score (nSPS) is 10.9. The van der Waals surface area contributed by atoms with Crippen LogP contribution < -0.4 is 5.32 Å². The fourth-order valence-electron chi connectivity index (χ4n) is 3.03. The van der Waals surface area contributed by atoms with Gasteiger partial charge in [0.15, 0.2) is 0 Å². The number of carbonyl (C=O) groups excluding carboxylic acids is 2. The van der Waals surface area contributed by atoms with E-state index in [2.05, 4.69) is 10.4 Å². The van der Waals surface area contributed by atoms with Gasteiger partial charge in [-0.25, -0.2) is 4.68 Å². The maximum atomic E-state index is 12.4. The number of aryl methyl sites for hydroxylation is 1. The van der Waals surface area contributed by atoms with Crippen molar-refractivity contribution < 1.29 is 9.59 Å². The Bertz CT molecular complexity index is 801. The number of amides is 2. The van der Waals surface area contributed by atoms with Crippen LogP contribution in [0.15, 0.2) is 30.3 Å². The standard InChI is InChI=1S/C21H31N5O2/c1-6-12-22-20(27)14-25(5)21(28)15-24(4)13-19-16(2)23-26(17(19)3)18-10-8-7-9-11-18/h7-11H,6,12-15H2,1-5H3,(H,22,27). The third-order valence-electron chi connectivity index (χ3n) is 4.65. The van der Waals surface area contributed by atoms with Gasteiger partial charge >= 0.3 is 0 Å². The molecule has 0 aliphatic carbocycles. The first-order valence-electron chi connectivity index (χ1n) is 9.63. The molecule has 0 atom stereocenters. The average Bonchev–Trinajstić information content (AvgIpc) is 2.95. The van der Waals surface area contributed by atoms with E-state index in [9.17, 15) is 9.59 Å². The minimum Gasteiger partial charge on any atom is -0.355 e. The highest BCUT2D eigenvalue weighted by molar-refractivity contribution is 5.85. The zero-order chi connectivity index (χ0) is 20.7. The summed E-state index contributed by atoms with van der Waals surface area (Å²) in [6.07, 6.45) is 0.876. The zero-order valence-corrected chi connectivity index (χ0v) is 17.5. The highest BCUT2D eigenvalue weighted by atomic mass is 16.2. The fourth-order valence-corrected chi connectivity index (χ4v) is 3.03. The third-order valence-corrected chi connectivity index (χ3v) is 4.65. The number of aromatic nitrogens is 2. The van der Waals surface area contributed by atoms with Gasteiger partial charge in [-0.2, -0.15) is 5.10 Å². The molecule has 0 aliphatic heterocycles. The van der Waals surface area contributed by atoms with Crippen LogP contribution in [0, 0.1) is 13.8 Å². The Morgan fingerprint density at radius 2 is 1.79 bits per heavy atom. The molecule has 28 heavy (non-hydrogen) atoms. The number of hydrogen-bond donors (Lipinski definition) is 1. The monoisotopic (exact) mass is 385 g/mol. The molecule has 0 unspecified atom stereocenters. The summed E-state index contributed by atoms with van der Waals surface area (Å²) in [7, 11) is 3.56. The van der Waals surface area contributed by atoms with E-state index in [-0.39, 0.29) is 24.9 Å². The van der Waals surface area contributed by atoms with Crippen LogP contribution in [-0.2, 0) is 16.1 Å². The largest absolute Gasteiger partial charge is 0.355 e. The van der Waals surface area contributed by atoms with E-state index in [1.807, 2.05) is 67.7 Å². The molecule has 1 aromatic carbocycles. The summed E-state index contributed by atoms with van der Waals surface area (Å²) in [5.74, 6) is -0.212. The molecule has 1 aromatic heterocycles. The summed E-state index contributed by atoms with van der Waals surface area (Å²) >= 11 is 0. The van der Waals surface area contributed by atoms with Gasteiger partial charge in [0.25, 0.3) is 0 Å². The van der Waals surface area contributed by atoms with Gasteiger partial charge in [0.1, 0.15) is 0 Å². The smallest absolute Gasteiger partial charge is 0.239 e. The number of carbonyl (C=O) groups is 2. The van der Waals surface area contributed by atoms with Crippen LogP contribution in [0.4, 0.5) is 0 Å². The highest BCUT2D eigenvalue weighted by Crippen LogP contribution is 2.19. The predicted molar refractivity (Wildman–Crippen MR) is 110 cm³/mol. The topological polar surface area (TPSA) is 70.5 Å². The van der Waals surface area contributed by atoms with Gasteiger partial charge in [-0.1, -0.05) is 25.1 Å². The molecule has 0 saturated carbocycles. The van der Waals surface area contributed by atoms with E-state index >= 15 is 0 Å². The van der Waals surface area contributed by atoms with E-state index in [1.165, 1.54) is 4.90 Å². The van der Waals surface area contributed by atoms with Crippen molar-refractivity contribution in [2.75, 3.05) is 33.7 Å². The average molecular weight is 386 g/mol. The Morgan fingerprint density at radius 3 is 2.43 bits per heavy atom. The molecule has 2 aromatic rings. The molecule has 0 bridgehead atoms. The molecule has 2 rings (SSSR count). The lowest BCUT2D eigenvalue weighted by atomic mass is 10.2. The van der Waals surface area contributed by atoms with Crippen LogP contribution in [0.1, 0.15) is 30.3 Å². The summed E-state index contributed by atoms with van der Waals surface area (Å²) < 4.78 is 1.94. The van der Waals surface area contributed by atoms with Crippen molar-refractivity contribution in [1.82, 2.24) is 24.9 Å². The number of benzene rings is 1. The van der Waals surface area contributed by atoms with E-state index in [1.54, 1.807) is 7.05 Å². The summed E-state index contributed by atoms with van der Waals surface area (Å²) in [5, 5.41) is 7.44. The molecular formula is C21H31N5O2. The molecule has 1 heterocycles.